The summed E-state index contributed by atoms with van der Waals surface area (Å²) in [7, 11) is 0. The van der Waals surface area contributed by atoms with Gasteiger partial charge in [-0.3, -0.25) is 0 Å². The third kappa shape index (κ3) is 5.21. The van der Waals surface area contributed by atoms with E-state index >= 15 is 0 Å². The van der Waals surface area contributed by atoms with Crippen LogP contribution in [0.3, 0.4) is 0 Å². The van der Waals surface area contributed by atoms with Crippen molar-refractivity contribution in [1.82, 2.24) is 0 Å². The summed E-state index contributed by atoms with van der Waals surface area (Å²) >= 11 is 0. The Morgan fingerprint density at radius 3 is 2.40 bits per heavy atom. The molecular weight excluding hydrogens is 269 g/mol. The molecule has 0 heterocycles. The fourth-order valence-electron chi connectivity index (χ4n) is 1.61. The molecule has 0 amide bonds. The van der Waals surface area contributed by atoms with Gasteiger partial charge < -0.3 is 10.6 Å². The number of benzene rings is 1. The Kier molecular flexibility index (Phi) is 6.51. The highest BCUT2D eigenvalue weighted by atomic mass is 19.4. The van der Waals surface area contributed by atoms with Crippen LogP contribution in [0.4, 0.5) is 13.2 Å². The smallest absolute Gasteiger partial charge is 0.394 e. The van der Waals surface area contributed by atoms with E-state index in [4.69, 9.17) is 10.6 Å². The quantitative estimate of drug-likeness (QED) is 0.473. The number of hydrogen-bond donors (Lipinski definition) is 1. The Balaban J connectivity index is 2.87. The zero-order valence-corrected chi connectivity index (χ0v) is 11.4. The molecule has 0 bridgehead atoms. The maximum absolute atomic E-state index is 12.5. The van der Waals surface area contributed by atoms with E-state index in [1.165, 1.54) is 12.1 Å². The average molecular weight is 288 g/mol. The number of unbranched alkanes of at least 4 members (excludes halogenated alkanes) is 1. The summed E-state index contributed by atoms with van der Waals surface area (Å²) in [5.41, 5.74) is 5.92. The second-order valence-corrected chi connectivity index (χ2v) is 4.34. The predicted molar refractivity (Wildman–Crippen MR) is 72.5 cm³/mol. The molecule has 112 valence electrons. The Morgan fingerprint density at radius 2 is 1.90 bits per heavy atom. The molecular formula is C14H19F3N2O. The van der Waals surface area contributed by atoms with Gasteiger partial charge in [-0.15, -0.1) is 0 Å². The van der Waals surface area contributed by atoms with E-state index in [9.17, 15) is 13.2 Å². The van der Waals surface area contributed by atoms with Crippen LogP contribution in [0.2, 0.25) is 0 Å². The van der Waals surface area contributed by atoms with Crippen molar-refractivity contribution in [2.24, 2.45) is 10.9 Å². The van der Waals surface area contributed by atoms with Gasteiger partial charge in [0, 0.05) is 6.54 Å². The number of hydrogen-bond acceptors (Lipinski definition) is 3. The molecule has 0 saturated heterocycles. The molecule has 0 aliphatic rings. The van der Waals surface area contributed by atoms with Gasteiger partial charge in [-0.25, -0.2) is 0 Å². The van der Waals surface area contributed by atoms with E-state index in [0.29, 0.717) is 24.2 Å². The van der Waals surface area contributed by atoms with Crippen molar-refractivity contribution in [3.8, 4) is 0 Å². The molecule has 3 nitrogen and oxygen atoms in total. The highest BCUT2D eigenvalue weighted by molar-refractivity contribution is 6.00. The molecule has 0 spiro atoms. The second kappa shape index (κ2) is 7.89. The van der Waals surface area contributed by atoms with Crippen molar-refractivity contribution in [2.75, 3.05) is 13.2 Å². The number of rotatable bonds is 7. The van der Waals surface area contributed by atoms with Crippen LogP contribution >= 0.6 is 0 Å². The molecule has 6 heteroatoms. The summed E-state index contributed by atoms with van der Waals surface area (Å²) in [5.74, 6) is 0. The lowest BCUT2D eigenvalue weighted by Crippen LogP contribution is -2.09. The van der Waals surface area contributed by atoms with Crippen LogP contribution in [0.15, 0.2) is 29.4 Å². The monoisotopic (exact) mass is 288 g/mol. The lowest BCUT2D eigenvalue weighted by molar-refractivity contribution is -0.137. The van der Waals surface area contributed by atoms with Crippen LogP contribution in [-0.4, -0.2) is 18.9 Å². The van der Waals surface area contributed by atoms with E-state index in [1.807, 2.05) is 6.92 Å². The molecule has 0 fully saturated rings. The van der Waals surface area contributed by atoms with Crippen molar-refractivity contribution in [1.29, 1.82) is 0 Å². The molecule has 0 atom stereocenters. The molecule has 2 N–H and O–H groups in total. The van der Waals surface area contributed by atoms with Crippen LogP contribution < -0.4 is 5.73 Å². The zero-order valence-electron chi connectivity index (χ0n) is 11.4. The lowest BCUT2D eigenvalue weighted by Gasteiger charge is -2.09. The Bertz CT molecular complexity index is 427. The van der Waals surface area contributed by atoms with Crippen LogP contribution in [0, 0.1) is 0 Å². The summed E-state index contributed by atoms with van der Waals surface area (Å²) in [5, 5.41) is 3.97. The first-order valence-electron chi connectivity index (χ1n) is 6.55. The summed E-state index contributed by atoms with van der Waals surface area (Å²) in [6, 6.07) is 4.95. The summed E-state index contributed by atoms with van der Waals surface area (Å²) < 4.78 is 37.5. The van der Waals surface area contributed by atoms with Crippen molar-refractivity contribution in [3.63, 3.8) is 0 Å². The minimum Gasteiger partial charge on any atom is -0.394 e. The van der Waals surface area contributed by atoms with E-state index in [2.05, 4.69) is 5.16 Å². The average Bonchev–Trinajstić information content (AvgIpc) is 2.42. The van der Waals surface area contributed by atoms with Crippen molar-refractivity contribution in [2.45, 2.75) is 32.4 Å². The number of oxime groups is 1. The Hall–Kier alpha value is -1.56. The van der Waals surface area contributed by atoms with Crippen LogP contribution in [0.1, 0.15) is 37.3 Å². The van der Waals surface area contributed by atoms with E-state index in [0.717, 1.165) is 25.0 Å². The number of alkyl halides is 3. The molecule has 0 aliphatic carbocycles. The lowest BCUT2D eigenvalue weighted by atomic mass is 10.0. The number of nitrogens with two attached hydrogens (primary N) is 1. The minimum absolute atomic E-state index is 0.288. The van der Waals surface area contributed by atoms with E-state index in [-0.39, 0.29) is 6.61 Å². The zero-order chi connectivity index (χ0) is 15.0. The molecule has 0 radical (unpaired) electrons. The molecule has 1 aromatic carbocycles. The van der Waals surface area contributed by atoms with Gasteiger partial charge in [0.05, 0.1) is 11.3 Å². The summed E-state index contributed by atoms with van der Waals surface area (Å²) in [6.45, 7) is 2.67. The van der Waals surface area contributed by atoms with Gasteiger partial charge in [-0.05, 0) is 30.5 Å². The Morgan fingerprint density at radius 1 is 1.25 bits per heavy atom. The molecule has 0 unspecified atom stereocenters. The van der Waals surface area contributed by atoms with Crippen LogP contribution in [-0.2, 0) is 11.0 Å². The number of halogens is 3. The molecule has 1 rings (SSSR count). The molecule has 0 aromatic heterocycles. The topological polar surface area (TPSA) is 47.6 Å². The van der Waals surface area contributed by atoms with Crippen molar-refractivity contribution < 1.29 is 18.0 Å². The third-order valence-corrected chi connectivity index (χ3v) is 2.70. The largest absolute Gasteiger partial charge is 0.416 e. The minimum atomic E-state index is -4.32. The summed E-state index contributed by atoms with van der Waals surface area (Å²) in [6.07, 6.45) is -1.80. The standard InChI is InChI=1S/C14H19F3N2O/c1-2-3-4-13(19-20-10-9-18)11-5-7-12(8-6-11)14(15,16)17/h5-8H,2-4,9-10,18H2,1H3. The van der Waals surface area contributed by atoms with Gasteiger partial charge in [-0.1, -0.05) is 30.6 Å². The SMILES string of the molecule is CCCCC(=NOCCN)c1ccc(C(F)(F)F)cc1. The first-order valence-corrected chi connectivity index (χ1v) is 6.55. The van der Waals surface area contributed by atoms with Gasteiger partial charge in [0.15, 0.2) is 0 Å². The van der Waals surface area contributed by atoms with Gasteiger partial charge in [0.25, 0.3) is 0 Å². The van der Waals surface area contributed by atoms with Gasteiger partial charge in [0.2, 0.25) is 0 Å². The highest BCUT2D eigenvalue weighted by Gasteiger charge is 2.30. The first kappa shape index (κ1) is 16.5. The molecule has 0 saturated carbocycles. The van der Waals surface area contributed by atoms with Gasteiger partial charge >= 0.3 is 6.18 Å². The fraction of sp³-hybridized carbons (Fsp3) is 0.500. The van der Waals surface area contributed by atoms with E-state index < -0.39 is 11.7 Å². The maximum Gasteiger partial charge on any atom is 0.416 e. The maximum atomic E-state index is 12.5. The van der Waals surface area contributed by atoms with Gasteiger partial charge in [-0.2, -0.15) is 13.2 Å². The summed E-state index contributed by atoms with van der Waals surface area (Å²) in [4.78, 5) is 5.03. The van der Waals surface area contributed by atoms with Crippen molar-refractivity contribution in [3.05, 3.63) is 35.4 Å². The molecule has 0 aliphatic heterocycles. The Labute approximate surface area is 116 Å². The fourth-order valence-corrected chi connectivity index (χ4v) is 1.61. The molecule has 1 aromatic rings. The predicted octanol–water partition coefficient (Wildman–Crippen LogP) is 3.58. The first-order chi connectivity index (χ1) is 9.49. The second-order valence-electron chi connectivity index (χ2n) is 4.34. The van der Waals surface area contributed by atoms with Crippen molar-refractivity contribution >= 4 is 5.71 Å². The van der Waals surface area contributed by atoms with Gasteiger partial charge in [0.1, 0.15) is 6.61 Å². The molecule has 20 heavy (non-hydrogen) atoms. The van der Waals surface area contributed by atoms with E-state index in [1.54, 1.807) is 0 Å². The highest BCUT2D eigenvalue weighted by Crippen LogP contribution is 2.29. The van der Waals surface area contributed by atoms with Crippen LogP contribution in [0.5, 0.6) is 0 Å². The van der Waals surface area contributed by atoms with Crippen LogP contribution in [0.25, 0.3) is 0 Å². The normalized spacial score (nSPS) is 12.6. The number of nitrogens with zero attached hydrogens (tertiary/aromatic N) is 1. The third-order valence-electron chi connectivity index (χ3n) is 2.70.